The zero-order valence-electron chi connectivity index (χ0n) is 15.0. The highest BCUT2D eigenvalue weighted by Gasteiger charge is 2.13. The lowest BCUT2D eigenvalue weighted by molar-refractivity contribution is 0.102. The molecule has 0 atom stereocenters. The largest absolute Gasteiger partial charge is 0.495 e. The van der Waals surface area contributed by atoms with Crippen molar-refractivity contribution in [3.8, 4) is 17.2 Å². The zero-order chi connectivity index (χ0) is 20.5. The number of methoxy groups -OCH3 is 1. The highest BCUT2D eigenvalue weighted by atomic mass is 35.5. The van der Waals surface area contributed by atoms with E-state index in [4.69, 9.17) is 44.0 Å². The molecule has 0 unspecified atom stereocenters. The summed E-state index contributed by atoms with van der Waals surface area (Å²) in [4.78, 5) is 16.9. The van der Waals surface area contributed by atoms with Crippen LogP contribution in [0.2, 0.25) is 15.1 Å². The lowest BCUT2D eigenvalue weighted by Crippen LogP contribution is -2.11. The third kappa shape index (κ3) is 4.03. The maximum atomic E-state index is 12.5. The molecule has 1 amide bonds. The summed E-state index contributed by atoms with van der Waals surface area (Å²) in [5.74, 6) is 0.671. The molecule has 0 saturated heterocycles. The van der Waals surface area contributed by atoms with Crippen molar-refractivity contribution in [2.24, 2.45) is 0 Å². The first kappa shape index (κ1) is 19.6. The van der Waals surface area contributed by atoms with E-state index in [1.54, 1.807) is 49.6 Å². The van der Waals surface area contributed by atoms with E-state index < -0.39 is 0 Å². The number of carbonyl (C=O) groups is 1. The summed E-state index contributed by atoms with van der Waals surface area (Å²) < 4.78 is 11.0. The Morgan fingerprint density at radius 3 is 2.52 bits per heavy atom. The molecule has 0 radical (unpaired) electrons. The minimum Gasteiger partial charge on any atom is -0.495 e. The van der Waals surface area contributed by atoms with E-state index in [0.717, 1.165) is 0 Å². The zero-order valence-corrected chi connectivity index (χ0v) is 17.3. The molecule has 8 heteroatoms. The Labute approximate surface area is 181 Å². The number of aromatic nitrogens is 1. The predicted octanol–water partition coefficient (Wildman–Crippen LogP) is 6.72. The van der Waals surface area contributed by atoms with Crippen LogP contribution in [0.3, 0.4) is 0 Å². The van der Waals surface area contributed by atoms with Crippen LogP contribution >= 0.6 is 34.8 Å². The maximum Gasteiger partial charge on any atom is 0.255 e. The number of nitrogens with zero attached hydrogens (tertiary/aromatic N) is 1. The summed E-state index contributed by atoms with van der Waals surface area (Å²) in [6.45, 7) is 0. The summed E-state index contributed by atoms with van der Waals surface area (Å²) in [5.41, 5.74) is 2.86. The van der Waals surface area contributed by atoms with Crippen molar-refractivity contribution < 1.29 is 13.9 Å². The van der Waals surface area contributed by atoms with Crippen molar-refractivity contribution in [1.29, 1.82) is 0 Å². The van der Waals surface area contributed by atoms with Gasteiger partial charge in [-0.3, -0.25) is 4.79 Å². The molecule has 1 N–H and O–H groups in total. The lowest BCUT2D eigenvalue weighted by atomic mass is 10.2. The number of nitrogens with one attached hydrogen (secondary N) is 1. The van der Waals surface area contributed by atoms with Crippen LogP contribution in [-0.2, 0) is 0 Å². The molecule has 29 heavy (non-hydrogen) atoms. The summed E-state index contributed by atoms with van der Waals surface area (Å²) >= 11 is 18.1. The van der Waals surface area contributed by atoms with Gasteiger partial charge in [-0.05, 0) is 54.6 Å². The molecule has 1 heterocycles. The molecule has 0 aliphatic rings. The fourth-order valence-electron chi connectivity index (χ4n) is 2.77. The molecule has 0 aliphatic carbocycles. The standard InChI is InChI=1S/C21H13Cl3N2O3/c1-28-18-6-3-12(9-16(18)24)21-26-17-10-13(4-7-19(17)29-21)25-20(27)11-2-5-14(22)15(23)8-11/h2-10H,1H3,(H,25,27). The Morgan fingerprint density at radius 2 is 1.79 bits per heavy atom. The van der Waals surface area contributed by atoms with Crippen LogP contribution in [0.15, 0.2) is 59.0 Å². The highest BCUT2D eigenvalue weighted by Crippen LogP contribution is 2.32. The molecule has 0 bridgehead atoms. The molecule has 0 spiro atoms. The van der Waals surface area contributed by atoms with E-state index in [2.05, 4.69) is 10.3 Å². The van der Waals surface area contributed by atoms with Crippen LogP contribution < -0.4 is 10.1 Å². The molecule has 146 valence electrons. The average Bonchev–Trinajstić information content (AvgIpc) is 3.13. The second-order valence-corrected chi connectivity index (χ2v) is 7.36. The summed E-state index contributed by atoms with van der Waals surface area (Å²) in [5, 5.41) is 3.97. The Bertz CT molecular complexity index is 1240. The number of oxazole rings is 1. The second kappa shape index (κ2) is 7.95. The van der Waals surface area contributed by atoms with Crippen LogP contribution in [0.5, 0.6) is 5.75 Å². The van der Waals surface area contributed by atoms with Gasteiger partial charge in [0, 0.05) is 16.8 Å². The summed E-state index contributed by atoms with van der Waals surface area (Å²) in [6.07, 6.45) is 0. The average molecular weight is 448 g/mol. The first-order valence-electron chi connectivity index (χ1n) is 8.45. The number of fused-ring (bicyclic) bond motifs is 1. The van der Waals surface area contributed by atoms with E-state index in [0.29, 0.717) is 54.6 Å². The van der Waals surface area contributed by atoms with Gasteiger partial charge in [-0.2, -0.15) is 0 Å². The van der Waals surface area contributed by atoms with Gasteiger partial charge in [0.25, 0.3) is 5.91 Å². The SMILES string of the molecule is COc1ccc(-c2nc3cc(NC(=O)c4ccc(Cl)c(Cl)c4)ccc3o2)cc1Cl. The van der Waals surface area contributed by atoms with E-state index in [-0.39, 0.29) is 5.91 Å². The van der Waals surface area contributed by atoms with Gasteiger partial charge in [-0.25, -0.2) is 4.98 Å². The second-order valence-electron chi connectivity index (χ2n) is 6.13. The predicted molar refractivity (Wildman–Crippen MR) is 115 cm³/mol. The number of amides is 1. The fourth-order valence-corrected chi connectivity index (χ4v) is 3.32. The maximum absolute atomic E-state index is 12.5. The number of ether oxygens (including phenoxy) is 1. The van der Waals surface area contributed by atoms with Gasteiger partial charge in [0.1, 0.15) is 11.3 Å². The van der Waals surface area contributed by atoms with Crippen molar-refractivity contribution in [3.05, 3.63) is 75.2 Å². The number of benzene rings is 3. The molecule has 3 aromatic carbocycles. The Balaban J connectivity index is 1.60. The molecular weight excluding hydrogens is 435 g/mol. The Hall–Kier alpha value is -2.73. The first-order chi connectivity index (χ1) is 13.9. The molecule has 4 rings (SSSR count). The molecule has 0 fully saturated rings. The van der Waals surface area contributed by atoms with Crippen LogP contribution in [0, 0.1) is 0 Å². The monoisotopic (exact) mass is 446 g/mol. The fraction of sp³-hybridized carbons (Fsp3) is 0.0476. The third-order valence-electron chi connectivity index (χ3n) is 4.23. The normalized spacial score (nSPS) is 10.9. The van der Waals surface area contributed by atoms with Crippen molar-refractivity contribution in [2.75, 3.05) is 12.4 Å². The lowest BCUT2D eigenvalue weighted by Gasteiger charge is -2.06. The third-order valence-corrected chi connectivity index (χ3v) is 5.26. The van der Waals surface area contributed by atoms with Crippen molar-refractivity contribution in [1.82, 2.24) is 4.98 Å². The molecule has 0 aliphatic heterocycles. The summed E-state index contributed by atoms with van der Waals surface area (Å²) in [7, 11) is 1.55. The van der Waals surface area contributed by atoms with Gasteiger partial charge >= 0.3 is 0 Å². The van der Waals surface area contributed by atoms with E-state index >= 15 is 0 Å². The molecular formula is C21H13Cl3N2O3. The van der Waals surface area contributed by atoms with Crippen LogP contribution in [0.25, 0.3) is 22.6 Å². The Kier molecular flexibility index (Phi) is 5.37. The van der Waals surface area contributed by atoms with E-state index in [1.807, 2.05) is 6.07 Å². The van der Waals surface area contributed by atoms with Crippen LogP contribution in [-0.4, -0.2) is 18.0 Å². The minimum atomic E-state index is -0.312. The topological polar surface area (TPSA) is 64.4 Å². The number of rotatable bonds is 4. The van der Waals surface area contributed by atoms with Crippen molar-refractivity contribution in [3.63, 3.8) is 0 Å². The smallest absolute Gasteiger partial charge is 0.255 e. The van der Waals surface area contributed by atoms with Gasteiger partial charge in [0.05, 0.1) is 22.2 Å². The van der Waals surface area contributed by atoms with Crippen LogP contribution in [0.1, 0.15) is 10.4 Å². The Morgan fingerprint density at radius 1 is 0.966 bits per heavy atom. The van der Waals surface area contributed by atoms with Crippen molar-refractivity contribution in [2.45, 2.75) is 0 Å². The highest BCUT2D eigenvalue weighted by molar-refractivity contribution is 6.42. The van der Waals surface area contributed by atoms with E-state index in [9.17, 15) is 4.79 Å². The number of carbonyl (C=O) groups excluding carboxylic acids is 1. The van der Waals surface area contributed by atoms with E-state index in [1.165, 1.54) is 6.07 Å². The van der Waals surface area contributed by atoms with Gasteiger partial charge in [-0.1, -0.05) is 34.8 Å². The minimum absolute atomic E-state index is 0.312. The molecule has 4 aromatic rings. The van der Waals surface area contributed by atoms with Crippen molar-refractivity contribution >= 4 is 57.5 Å². The van der Waals surface area contributed by atoms with Gasteiger partial charge in [-0.15, -0.1) is 0 Å². The van der Waals surface area contributed by atoms with Gasteiger partial charge < -0.3 is 14.5 Å². The van der Waals surface area contributed by atoms with Gasteiger partial charge in [0.15, 0.2) is 5.58 Å². The quantitative estimate of drug-likeness (QED) is 0.377. The van der Waals surface area contributed by atoms with Crippen LogP contribution in [0.4, 0.5) is 5.69 Å². The molecule has 0 saturated carbocycles. The molecule has 5 nitrogen and oxygen atoms in total. The van der Waals surface area contributed by atoms with Gasteiger partial charge in [0.2, 0.25) is 5.89 Å². The number of halogens is 3. The summed E-state index contributed by atoms with van der Waals surface area (Å²) in [6, 6.07) is 15.2. The molecule has 1 aromatic heterocycles. The number of hydrogen-bond acceptors (Lipinski definition) is 4. The number of hydrogen-bond donors (Lipinski definition) is 1. The first-order valence-corrected chi connectivity index (χ1v) is 9.59. The number of anilines is 1.